The topological polar surface area (TPSA) is 109 Å². The Hall–Kier alpha value is -1.30. The van der Waals surface area contributed by atoms with Gasteiger partial charge in [-0.1, -0.05) is 18.2 Å². The van der Waals surface area contributed by atoms with Gasteiger partial charge in [-0.05, 0) is 63.1 Å². The summed E-state index contributed by atoms with van der Waals surface area (Å²) >= 11 is 12.4. The summed E-state index contributed by atoms with van der Waals surface area (Å²) in [6.45, 7) is 5.01. The molecule has 1 saturated heterocycles. The number of piperidine rings is 1. The number of aliphatic hydroxyl groups is 1. The lowest BCUT2D eigenvalue weighted by molar-refractivity contribution is 0.0987. The second-order valence-electron chi connectivity index (χ2n) is 9.55. The van der Waals surface area contributed by atoms with Gasteiger partial charge < -0.3 is 19.9 Å². The smallest absolute Gasteiger partial charge is 0.241 e. The Bertz CT molecular complexity index is 1090. The molecule has 208 valence electrons. The molecule has 1 aliphatic rings. The highest BCUT2D eigenvalue weighted by Gasteiger charge is 2.33. The van der Waals surface area contributed by atoms with Crippen LogP contribution in [-0.4, -0.2) is 68.9 Å². The van der Waals surface area contributed by atoms with E-state index >= 15 is 0 Å². The Morgan fingerprint density at radius 2 is 1.86 bits per heavy atom. The van der Waals surface area contributed by atoms with Gasteiger partial charge in [0.2, 0.25) is 10.0 Å². The maximum absolute atomic E-state index is 12.9. The van der Waals surface area contributed by atoms with Crippen LogP contribution in [0.4, 0.5) is 0 Å². The summed E-state index contributed by atoms with van der Waals surface area (Å²) in [6, 6.07) is 13.6. The van der Waals surface area contributed by atoms with Crippen LogP contribution in [0.15, 0.2) is 53.4 Å². The average molecular weight is 597 g/mol. The van der Waals surface area contributed by atoms with Crippen molar-refractivity contribution in [2.24, 2.45) is 0 Å². The molecule has 0 spiro atoms. The van der Waals surface area contributed by atoms with Crippen molar-refractivity contribution in [2.75, 3.05) is 26.8 Å². The number of benzene rings is 2. The minimum absolute atomic E-state index is 0. The Morgan fingerprint density at radius 1 is 1.16 bits per heavy atom. The van der Waals surface area contributed by atoms with Crippen LogP contribution in [0.25, 0.3) is 0 Å². The Balaban J connectivity index is 0.00000481. The average Bonchev–Trinajstić information content (AvgIpc) is 2.85. The number of hydrogen-bond donors (Lipinski definition) is 4. The van der Waals surface area contributed by atoms with Crippen molar-refractivity contribution in [1.29, 1.82) is 0 Å². The van der Waals surface area contributed by atoms with Crippen LogP contribution < -0.4 is 24.8 Å². The van der Waals surface area contributed by atoms with E-state index in [0.717, 1.165) is 17.7 Å². The second-order valence-corrected chi connectivity index (χ2v) is 12.2. The zero-order valence-electron chi connectivity index (χ0n) is 21.1. The molecule has 0 bridgehead atoms. The van der Waals surface area contributed by atoms with Crippen molar-refractivity contribution < 1.29 is 23.0 Å². The maximum atomic E-state index is 12.9. The van der Waals surface area contributed by atoms with Gasteiger partial charge >= 0.3 is 0 Å². The molecule has 1 fully saturated rings. The number of β-amino-alcohol motifs (C(OH)–C–C–N with tert-alkyl or cyclic N) is 1. The summed E-state index contributed by atoms with van der Waals surface area (Å²) in [5, 5.41) is 16.2. The Labute approximate surface area is 235 Å². The van der Waals surface area contributed by atoms with Crippen LogP contribution in [-0.2, 0) is 16.4 Å². The van der Waals surface area contributed by atoms with Gasteiger partial charge in [-0.25, -0.2) is 13.1 Å². The van der Waals surface area contributed by atoms with E-state index in [1.54, 1.807) is 19.2 Å². The zero-order chi connectivity index (χ0) is 26.3. The third-order valence-electron chi connectivity index (χ3n) is 5.94. The van der Waals surface area contributed by atoms with E-state index in [-0.39, 0.29) is 29.4 Å². The van der Waals surface area contributed by atoms with Gasteiger partial charge in [-0.2, -0.15) is 0 Å². The first-order valence-electron chi connectivity index (χ1n) is 11.8. The fourth-order valence-electron chi connectivity index (χ4n) is 3.94. The van der Waals surface area contributed by atoms with Crippen molar-refractivity contribution in [1.82, 2.24) is 15.4 Å². The number of alkyl halides is 2. The number of nitrogens with one attached hydrogen (secondary N) is 3. The lowest BCUT2D eigenvalue weighted by atomic mass is 9.94. The first-order chi connectivity index (χ1) is 17.0. The highest BCUT2D eigenvalue weighted by Crippen LogP contribution is 2.23. The molecule has 1 aliphatic heterocycles. The van der Waals surface area contributed by atoms with Gasteiger partial charge in [0.1, 0.15) is 29.7 Å². The summed E-state index contributed by atoms with van der Waals surface area (Å²) in [5.41, 5.74) is 0.378. The van der Waals surface area contributed by atoms with Crippen LogP contribution in [0.2, 0.25) is 0 Å². The molecule has 0 aromatic heterocycles. The number of hydrogen-bond acceptors (Lipinski definition) is 7. The number of methoxy groups -OCH3 is 1. The summed E-state index contributed by atoms with van der Waals surface area (Å²) in [7, 11) is -2.19. The molecule has 0 amide bonds. The molecule has 3 unspecified atom stereocenters. The predicted octanol–water partition coefficient (Wildman–Crippen LogP) is 3.28. The summed E-state index contributed by atoms with van der Waals surface area (Å²) < 4.78 is 39.3. The number of aliphatic hydroxyl groups excluding tert-OH is 1. The van der Waals surface area contributed by atoms with Crippen LogP contribution >= 0.6 is 35.6 Å². The number of rotatable bonds is 12. The predicted molar refractivity (Wildman–Crippen MR) is 150 cm³/mol. The van der Waals surface area contributed by atoms with E-state index in [2.05, 4.69) is 29.2 Å². The molecule has 2 aromatic carbocycles. The van der Waals surface area contributed by atoms with Gasteiger partial charge in [0.15, 0.2) is 0 Å². The summed E-state index contributed by atoms with van der Waals surface area (Å²) in [6.07, 6.45) is 0.508. The highest BCUT2D eigenvalue weighted by molar-refractivity contribution is 7.89. The third-order valence-corrected chi connectivity index (χ3v) is 8.54. The van der Waals surface area contributed by atoms with Crippen molar-refractivity contribution in [3.8, 4) is 11.5 Å². The minimum atomic E-state index is -3.82. The summed E-state index contributed by atoms with van der Waals surface area (Å²) in [4.78, 5) is 0.0572. The first kappa shape index (κ1) is 31.9. The normalized spacial score (nSPS) is 21.1. The highest BCUT2D eigenvalue weighted by atomic mass is 35.5. The molecule has 0 radical (unpaired) electrons. The fourth-order valence-corrected chi connectivity index (χ4v) is 5.90. The number of halogens is 3. The lowest BCUT2D eigenvalue weighted by Crippen LogP contribution is -2.53. The molecule has 0 saturated carbocycles. The quantitative estimate of drug-likeness (QED) is 0.220. The van der Waals surface area contributed by atoms with Gasteiger partial charge in [0.25, 0.3) is 0 Å². The van der Waals surface area contributed by atoms with Gasteiger partial charge in [0, 0.05) is 24.2 Å². The van der Waals surface area contributed by atoms with E-state index in [0.29, 0.717) is 25.3 Å². The van der Waals surface area contributed by atoms with Crippen molar-refractivity contribution >= 4 is 45.6 Å². The van der Waals surface area contributed by atoms with E-state index in [1.807, 2.05) is 24.3 Å². The molecule has 4 N–H and O–H groups in total. The van der Waals surface area contributed by atoms with Crippen molar-refractivity contribution in [3.05, 3.63) is 54.1 Å². The standard InChI is InChI=1S/C25H35Cl2N3O5S.ClH/c1-25(2,14-17-7-9-19(34-3)10-8-17)29-15-18(31)16-35-20-5-4-6-21(13-20)36(32,33)30-22-11-12-28-24(27)23(22)26;/h4-10,13,18,22-24,28-31H,11-12,14-16H2,1-3H3;1H/t18-,22?,23?,24?;/m1./s1. The monoisotopic (exact) mass is 595 g/mol. The third kappa shape index (κ3) is 9.75. The second kappa shape index (κ2) is 14.2. The molecule has 12 heteroatoms. The van der Waals surface area contributed by atoms with Crippen molar-refractivity contribution in [3.63, 3.8) is 0 Å². The molecule has 1 heterocycles. The summed E-state index contributed by atoms with van der Waals surface area (Å²) in [5.74, 6) is 1.15. The molecule has 0 aliphatic carbocycles. The molecule has 37 heavy (non-hydrogen) atoms. The molecular weight excluding hydrogens is 561 g/mol. The van der Waals surface area contributed by atoms with E-state index in [9.17, 15) is 13.5 Å². The minimum Gasteiger partial charge on any atom is -0.497 e. The largest absolute Gasteiger partial charge is 0.497 e. The number of sulfonamides is 1. The van der Waals surface area contributed by atoms with Crippen LogP contribution in [0, 0.1) is 0 Å². The molecule has 4 atom stereocenters. The van der Waals surface area contributed by atoms with Crippen LogP contribution in [0.1, 0.15) is 25.8 Å². The van der Waals surface area contributed by atoms with E-state index in [4.69, 9.17) is 32.7 Å². The van der Waals surface area contributed by atoms with E-state index in [1.165, 1.54) is 12.1 Å². The van der Waals surface area contributed by atoms with Gasteiger partial charge in [-0.3, -0.25) is 5.32 Å². The lowest BCUT2D eigenvalue weighted by Gasteiger charge is -2.32. The maximum Gasteiger partial charge on any atom is 0.241 e. The van der Waals surface area contributed by atoms with Crippen LogP contribution in [0.5, 0.6) is 11.5 Å². The van der Waals surface area contributed by atoms with Gasteiger partial charge in [0.05, 0.1) is 17.4 Å². The Kier molecular flexibility index (Phi) is 12.2. The number of ether oxygens (including phenoxy) is 2. The van der Waals surface area contributed by atoms with Gasteiger partial charge in [-0.15, -0.1) is 35.6 Å². The molecule has 8 nitrogen and oxygen atoms in total. The first-order valence-corrected chi connectivity index (χ1v) is 14.2. The van der Waals surface area contributed by atoms with E-state index < -0.39 is 33.0 Å². The molecule has 3 rings (SSSR count). The zero-order valence-corrected chi connectivity index (χ0v) is 24.3. The molecule has 2 aromatic rings. The molecular formula is C25H36Cl3N3O5S. The van der Waals surface area contributed by atoms with Crippen LogP contribution in [0.3, 0.4) is 0 Å². The Morgan fingerprint density at radius 3 is 2.54 bits per heavy atom. The fraction of sp³-hybridized carbons (Fsp3) is 0.520. The van der Waals surface area contributed by atoms with Crippen molar-refractivity contribution in [2.45, 2.75) is 60.1 Å². The SMILES string of the molecule is COc1ccc(CC(C)(C)NC[C@@H](O)COc2cccc(S(=O)(=O)NC3CCNC(Cl)C3Cl)c2)cc1.Cl.